The third-order valence-corrected chi connectivity index (χ3v) is 3.85. The molecule has 1 saturated heterocycles. The molecule has 2 N–H and O–H groups in total. The fourth-order valence-electron chi connectivity index (χ4n) is 2.34. The second kappa shape index (κ2) is 5.72. The molecule has 3 nitrogen and oxygen atoms in total. The standard InChI is InChI=1S/C15H24N2O/c1-15(2,13-3-5-14(16)6-4-13)7-8-17-9-11-18-12-10-17/h3-6H,7-12,16H2,1-2H3. The summed E-state index contributed by atoms with van der Waals surface area (Å²) in [5.41, 5.74) is 8.14. The molecular weight excluding hydrogens is 224 g/mol. The predicted octanol–water partition coefficient (Wildman–Crippen LogP) is 2.27. The maximum atomic E-state index is 5.74. The van der Waals surface area contributed by atoms with Crippen molar-refractivity contribution in [3.8, 4) is 0 Å². The summed E-state index contributed by atoms with van der Waals surface area (Å²) >= 11 is 0. The maximum Gasteiger partial charge on any atom is 0.0594 e. The van der Waals surface area contributed by atoms with Crippen LogP contribution in [0.5, 0.6) is 0 Å². The normalized spacial score (nSPS) is 17.9. The maximum absolute atomic E-state index is 5.74. The van der Waals surface area contributed by atoms with E-state index in [-0.39, 0.29) is 5.41 Å². The van der Waals surface area contributed by atoms with Crippen LogP contribution in [0, 0.1) is 0 Å². The van der Waals surface area contributed by atoms with Gasteiger partial charge in [-0.3, -0.25) is 4.90 Å². The molecular formula is C15H24N2O. The van der Waals surface area contributed by atoms with Crippen LogP contribution in [0.1, 0.15) is 25.8 Å². The lowest BCUT2D eigenvalue weighted by atomic mass is 9.81. The first-order valence-electron chi connectivity index (χ1n) is 6.74. The number of nitrogen functional groups attached to an aromatic ring is 1. The molecule has 1 fully saturated rings. The molecule has 1 aromatic carbocycles. The molecule has 1 aliphatic rings. The van der Waals surface area contributed by atoms with Crippen molar-refractivity contribution in [2.24, 2.45) is 0 Å². The number of hydrogen-bond donors (Lipinski definition) is 1. The van der Waals surface area contributed by atoms with Crippen molar-refractivity contribution >= 4 is 5.69 Å². The molecule has 0 spiro atoms. The van der Waals surface area contributed by atoms with E-state index >= 15 is 0 Å². The van der Waals surface area contributed by atoms with E-state index in [0.717, 1.165) is 45.0 Å². The number of ether oxygens (including phenoxy) is 1. The molecule has 0 aliphatic carbocycles. The highest BCUT2D eigenvalue weighted by Gasteiger charge is 2.22. The summed E-state index contributed by atoms with van der Waals surface area (Å²) in [6, 6.07) is 8.28. The Morgan fingerprint density at radius 3 is 2.39 bits per heavy atom. The van der Waals surface area contributed by atoms with Gasteiger partial charge in [0.1, 0.15) is 0 Å². The molecule has 0 saturated carbocycles. The molecule has 0 amide bonds. The zero-order valence-electron chi connectivity index (χ0n) is 11.5. The van der Waals surface area contributed by atoms with E-state index in [2.05, 4.69) is 30.9 Å². The number of morpholine rings is 1. The second-order valence-corrected chi connectivity index (χ2v) is 5.71. The number of benzene rings is 1. The molecule has 100 valence electrons. The van der Waals surface area contributed by atoms with E-state index in [0.29, 0.717) is 0 Å². The number of rotatable bonds is 4. The number of hydrogen-bond acceptors (Lipinski definition) is 3. The summed E-state index contributed by atoms with van der Waals surface area (Å²) in [5.74, 6) is 0. The highest BCUT2D eigenvalue weighted by atomic mass is 16.5. The minimum atomic E-state index is 0.200. The van der Waals surface area contributed by atoms with Crippen molar-refractivity contribution in [2.75, 3.05) is 38.6 Å². The minimum Gasteiger partial charge on any atom is -0.399 e. The highest BCUT2D eigenvalue weighted by Crippen LogP contribution is 2.27. The number of nitrogens with two attached hydrogens (primary N) is 1. The Labute approximate surface area is 110 Å². The van der Waals surface area contributed by atoms with E-state index in [1.165, 1.54) is 5.56 Å². The fraction of sp³-hybridized carbons (Fsp3) is 0.600. The van der Waals surface area contributed by atoms with Crippen LogP contribution >= 0.6 is 0 Å². The summed E-state index contributed by atoms with van der Waals surface area (Å²) in [4.78, 5) is 2.49. The van der Waals surface area contributed by atoms with Crippen LogP contribution in [-0.2, 0) is 10.2 Å². The fourth-order valence-corrected chi connectivity index (χ4v) is 2.34. The summed E-state index contributed by atoms with van der Waals surface area (Å²) < 4.78 is 5.37. The molecule has 0 unspecified atom stereocenters. The molecule has 2 rings (SSSR count). The molecule has 0 bridgehead atoms. The van der Waals surface area contributed by atoms with Gasteiger partial charge in [-0.25, -0.2) is 0 Å². The minimum absolute atomic E-state index is 0.200. The van der Waals surface area contributed by atoms with Crippen LogP contribution in [-0.4, -0.2) is 37.7 Å². The van der Waals surface area contributed by atoms with Crippen LogP contribution in [0.3, 0.4) is 0 Å². The molecule has 3 heteroatoms. The number of nitrogens with zero attached hydrogens (tertiary/aromatic N) is 1. The molecule has 0 atom stereocenters. The number of anilines is 1. The van der Waals surface area contributed by atoms with Gasteiger partial charge in [0.2, 0.25) is 0 Å². The Morgan fingerprint density at radius 1 is 1.17 bits per heavy atom. The summed E-state index contributed by atoms with van der Waals surface area (Å²) in [6.07, 6.45) is 1.16. The van der Waals surface area contributed by atoms with Crippen LogP contribution in [0.25, 0.3) is 0 Å². The monoisotopic (exact) mass is 248 g/mol. The Hall–Kier alpha value is -1.06. The van der Waals surface area contributed by atoms with Crippen LogP contribution < -0.4 is 5.73 Å². The largest absolute Gasteiger partial charge is 0.399 e. The molecule has 0 radical (unpaired) electrons. The zero-order chi connectivity index (χ0) is 13.0. The molecule has 18 heavy (non-hydrogen) atoms. The second-order valence-electron chi connectivity index (χ2n) is 5.71. The highest BCUT2D eigenvalue weighted by molar-refractivity contribution is 5.41. The summed E-state index contributed by atoms with van der Waals surface area (Å²) in [6.45, 7) is 9.64. The Balaban J connectivity index is 1.91. The molecule has 1 aromatic rings. The van der Waals surface area contributed by atoms with Gasteiger partial charge in [0.15, 0.2) is 0 Å². The van der Waals surface area contributed by atoms with Gasteiger partial charge >= 0.3 is 0 Å². The average Bonchev–Trinajstić information content (AvgIpc) is 2.38. The van der Waals surface area contributed by atoms with Gasteiger partial charge in [-0.1, -0.05) is 26.0 Å². The summed E-state index contributed by atoms with van der Waals surface area (Å²) in [5, 5.41) is 0. The van der Waals surface area contributed by atoms with E-state index in [4.69, 9.17) is 10.5 Å². The zero-order valence-corrected chi connectivity index (χ0v) is 11.5. The van der Waals surface area contributed by atoms with Gasteiger partial charge in [0, 0.05) is 18.8 Å². The first-order chi connectivity index (χ1) is 8.58. The Morgan fingerprint density at radius 2 is 1.78 bits per heavy atom. The van der Waals surface area contributed by atoms with Gasteiger partial charge in [-0.05, 0) is 36.1 Å². The molecule has 1 aliphatic heterocycles. The van der Waals surface area contributed by atoms with Gasteiger partial charge in [-0.15, -0.1) is 0 Å². The van der Waals surface area contributed by atoms with Gasteiger partial charge in [0.05, 0.1) is 13.2 Å². The quantitative estimate of drug-likeness (QED) is 0.831. The van der Waals surface area contributed by atoms with Crippen molar-refractivity contribution in [1.82, 2.24) is 4.90 Å². The molecule has 1 heterocycles. The van der Waals surface area contributed by atoms with Crippen molar-refractivity contribution in [3.63, 3.8) is 0 Å². The van der Waals surface area contributed by atoms with E-state index < -0.39 is 0 Å². The topological polar surface area (TPSA) is 38.5 Å². The van der Waals surface area contributed by atoms with Gasteiger partial charge in [0.25, 0.3) is 0 Å². The van der Waals surface area contributed by atoms with E-state index in [9.17, 15) is 0 Å². The average molecular weight is 248 g/mol. The lowest BCUT2D eigenvalue weighted by Crippen LogP contribution is -2.38. The van der Waals surface area contributed by atoms with E-state index in [1.807, 2.05) is 12.1 Å². The van der Waals surface area contributed by atoms with Crippen molar-refractivity contribution < 1.29 is 4.74 Å². The lowest BCUT2D eigenvalue weighted by Gasteiger charge is -2.32. The van der Waals surface area contributed by atoms with Crippen molar-refractivity contribution in [1.29, 1.82) is 0 Å². The van der Waals surface area contributed by atoms with Gasteiger partial charge < -0.3 is 10.5 Å². The first kappa shape index (κ1) is 13.4. The van der Waals surface area contributed by atoms with Crippen molar-refractivity contribution in [2.45, 2.75) is 25.7 Å². The van der Waals surface area contributed by atoms with Crippen molar-refractivity contribution in [3.05, 3.63) is 29.8 Å². The third-order valence-electron chi connectivity index (χ3n) is 3.85. The van der Waals surface area contributed by atoms with E-state index in [1.54, 1.807) is 0 Å². The Kier molecular flexibility index (Phi) is 4.25. The van der Waals surface area contributed by atoms with Gasteiger partial charge in [-0.2, -0.15) is 0 Å². The Bertz CT molecular complexity index is 367. The smallest absolute Gasteiger partial charge is 0.0594 e. The van der Waals surface area contributed by atoms with Crippen LogP contribution in [0.2, 0.25) is 0 Å². The SMILES string of the molecule is CC(C)(CCN1CCOCC1)c1ccc(N)cc1. The predicted molar refractivity (Wildman–Crippen MR) is 75.8 cm³/mol. The first-order valence-corrected chi connectivity index (χ1v) is 6.74. The molecule has 0 aromatic heterocycles. The summed E-state index contributed by atoms with van der Waals surface area (Å²) in [7, 11) is 0. The van der Waals surface area contributed by atoms with Crippen LogP contribution in [0.15, 0.2) is 24.3 Å². The van der Waals surface area contributed by atoms with Crippen LogP contribution in [0.4, 0.5) is 5.69 Å². The third kappa shape index (κ3) is 3.47. The lowest BCUT2D eigenvalue weighted by molar-refractivity contribution is 0.0350.